The van der Waals surface area contributed by atoms with Crippen molar-refractivity contribution in [2.45, 2.75) is 12.8 Å². The molecule has 1 aromatic heterocycles. The summed E-state index contributed by atoms with van der Waals surface area (Å²) in [6.45, 7) is 0. The summed E-state index contributed by atoms with van der Waals surface area (Å²) in [5.74, 6) is 0.404. The van der Waals surface area contributed by atoms with Crippen molar-refractivity contribution < 1.29 is 19.4 Å². The smallest absolute Gasteiger partial charge is 0.303 e. The van der Waals surface area contributed by atoms with Crippen molar-refractivity contribution in [2.75, 3.05) is 14.2 Å². The fourth-order valence-electron chi connectivity index (χ4n) is 2.71. The first-order valence-corrected chi connectivity index (χ1v) is 8.93. The third-order valence-electron chi connectivity index (χ3n) is 3.94. The van der Waals surface area contributed by atoms with Crippen molar-refractivity contribution in [1.29, 1.82) is 0 Å². The number of benzene rings is 2. The van der Waals surface area contributed by atoms with Gasteiger partial charge in [-0.05, 0) is 36.3 Å². The second kappa shape index (κ2) is 8.01. The van der Waals surface area contributed by atoms with Gasteiger partial charge in [0.25, 0.3) is 0 Å². The summed E-state index contributed by atoms with van der Waals surface area (Å²) in [7, 11) is 3.17. The fourth-order valence-corrected chi connectivity index (χ4v) is 3.71. The number of hydrogen-bond donors (Lipinski definition) is 1. The quantitative estimate of drug-likeness (QED) is 0.653. The minimum Gasteiger partial charge on any atom is -0.493 e. The molecule has 1 heterocycles. The van der Waals surface area contributed by atoms with Crippen molar-refractivity contribution in [3.63, 3.8) is 0 Å². The summed E-state index contributed by atoms with van der Waals surface area (Å²) in [5, 5.41) is 9.93. The van der Waals surface area contributed by atoms with Gasteiger partial charge in [0.1, 0.15) is 5.01 Å². The molecule has 0 aliphatic carbocycles. The standard InChI is InChI=1S/C20H19NO4S/c1-24-16-8-5-6-13(19(16)25-2)12-14(10-11-18(22)23)20-21-15-7-3-4-9-17(15)26-20/h3-9,12H,10-11H2,1-2H3,(H,22,23). The van der Waals surface area contributed by atoms with Crippen molar-refractivity contribution in [3.05, 3.63) is 53.0 Å². The van der Waals surface area contributed by atoms with Crippen LogP contribution >= 0.6 is 11.3 Å². The highest BCUT2D eigenvalue weighted by Gasteiger charge is 2.14. The van der Waals surface area contributed by atoms with Crippen LogP contribution in [-0.4, -0.2) is 30.3 Å². The Morgan fingerprint density at radius 2 is 1.92 bits per heavy atom. The van der Waals surface area contributed by atoms with E-state index in [9.17, 15) is 4.79 Å². The average molecular weight is 369 g/mol. The molecule has 0 atom stereocenters. The summed E-state index contributed by atoms with van der Waals surface area (Å²) in [6, 6.07) is 13.5. The van der Waals surface area contributed by atoms with Gasteiger partial charge < -0.3 is 14.6 Å². The lowest BCUT2D eigenvalue weighted by molar-refractivity contribution is -0.136. The maximum Gasteiger partial charge on any atom is 0.303 e. The Bertz CT molecular complexity index is 928. The van der Waals surface area contributed by atoms with E-state index >= 15 is 0 Å². The molecule has 0 bridgehead atoms. The molecule has 0 aliphatic heterocycles. The molecule has 3 aromatic rings. The Kier molecular flexibility index (Phi) is 5.53. The zero-order valence-electron chi connectivity index (χ0n) is 14.6. The molecule has 0 spiro atoms. The summed E-state index contributed by atoms with van der Waals surface area (Å²) in [4.78, 5) is 15.8. The lowest BCUT2D eigenvalue weighted by atomic mass is 10.1. The van der Waals surface area contributed by atoms with Crippen LogP contribution in [0.1, 0.15) is 23.4 Å². The molecule has 1 N–H and O–H groups in total. The van der Waals surface area contributed by atoms with Crippen LogP contribution in [-0.2, 0) is 4.79 Å². The van der Waals surface area contributed by atoms with Crippen molar-refractivity contribution >= 4 is 39.2 Å². The van der Waals surface area contributed by atoms with Crippen LogP contribution < -0.4 is 9.47 Å². The number of carboxylic acids is 1. The van der Waals surface area contributed by atoms with Gasteiger partial charge in [-0.2, -0.15) is 0 Å². The molecule has 3 rings (SSSR count). The number of methoxy groups -OCH3 is 2. The Morgan fingerprint density at radius 1 is 1.12 bits per heavy atom. The Morgan fingerprint density at radius 3 is 2.62 bits per heavy atom. The molecule has 134 valence electrons. The van der Waals surface area contributed by atoms with E-state index < -0.39 is 5.97 Å². The molecular formula is C20H19NO4S. The number of hydrogen-bond acceptors (Lipinski definition) is 5. The van der Waals surface area contributed by atoms with E-state index in [4.69, 9.17) is 14.6 Å². The number of nitrogens with zero attached hydrogens (tertiary/aromatic N) is 1. The largest absolute Gasteiger partial charge is 0.493 e. The molecular weight excluding hydrogens is 350 g/mol. The minimum atomic E-state index is -0.838. The Balaban J connectivity index is 2.09. The van der Waals surface area contributed by atoms with E-state index in [2.05, 4.69) is 4.98 Å². The van der Waals surface area contributed by atoms with Crippen LogP contribution in [0.5, 0.6) is 11.5 Å². The molecule has 6 heteroatoms. The summed E-state index contributed by atoms with van der Waals surface area (Å²) < 4.78 is 11.9. The second-order valence-corrected chi connectivity index (χ2v) is 6.66. The monoisotopic (exact) mass is 369 g/mol. The number of aliphatic carboxylic acids is 1. The lowest BCUT2D eigenvalue weighted by Crippen LogP contribution is -1.97. The zero-order chi connectivity index (χ0) is 18.5. The number of rotatable bonds is 7. The predicted octanol–water partition coefficient (Wildman–Crippen LogP) is 4.72. The van der Waals surface area contributed by atoms with Gasteiger partial charge in [-0.3, -0.25) is 4.79 Å². The molecule has 0 saturated carbocycles. The molecule has 0 unspecified atom stereocenters. The number of thiazole rings is 1. The summed E-state index contributed by atoms with van der Waals surface area (Å²) in [6.07, 6.45) is 2.35. The molecule has 0 aliphatic rings. The number of aromatic nitrogens is 1. The fraction of sp³-hybridized carbons (Fsp3) is 0.200. The topological polar surface area (TPSA) is 68.7 Å². The number of carbonyl (C=O) groups is 1. The molecule has 5 nitrogen and oxygen atoms in total. The second-order valence-electron chi connectivity index (χ2n) is 5.63. The first kappa shape index (κ1) is 17.9. The molecule has 0 radical (unpaired) electrons. The highest BCUT2D eigenvalue weighted by atomic mass is 32.1. The highest BCUT2D eigenvalue weighted by Crippen LogP contribution is 2.36. The van der Waals surface area contributed by atoms with Crippen molar-refractivity contribution in [3.8, 4) is 11.5 Å². The third kappa shape index (κ3) is 3.86. The highest BCUT2D eigenvalue weighted by molar-refractivity contribution is 7.19. The van der Waals surface area contributed by atoms with E-state index in [0.29, 0.717) is 17.9 Å². The molecule has 0 saturated heterocycles. The van der Waals surface area contributed by atoms with Crippen molar-refractivity contribution in [1.82, 2.24) is 4.98 Å². The predicted molar refractivity (Wildman–Crippen MR) is 104 cm³/mol. The van der Waals surface area contributed by atoms with Crippen LogP contribution in [0, 0.1) is 0 Å². The van der Waals surface area contributed by atoms with E-state index in [0.717, 1.165) is 26.4 Å². The van der Waals surface area contributed by atoms with Gasteiger partial charge >= 0.3 is 5.97 Å². The van der Waals surface area contributed by atoms with Crippen LogP contribution in [0.3, 0.4) is 0 Å². The lowest BCUT2D eigenvalue weighted by Gasteiger charge is -2.11. The zero-order valence-corrected chi connectivity index (χ0v) is 15.4. The molecule has 0 amide bonds. The van der Waals surface area contributed by atoms with Gasteiger partial charge in [0.15, 0.2) is 11.5 Å². The van der Waals surface area contributed by atoms with Gasteiger partial charge in [0.05, 0.1) is 24.4 Å². The number of para-hydroxylation sites is 2. The Hall–Kier alpha value is -2.86. The van der Waals surface area contributed by atoms with E-state index in [-0.39, 0.29) is 6.42 Å². The summed E-state index contributed by atoms with van der Waals surface area (Å²) >= 11 is 1.56. The van der Waals surface area contributed by atoms with E-state index in [1.165, 1.54) is 0 Å². The normalized spacial score (nSPS) is 11.5. The number of allylic oxidation sites excluding steroid dienone is 1. The van der Waals surface area contributed by atoms with Crippen LogP contribution in [0.15, 0.2) is 42.5 Å². The van der Waals surface area contributed by atoms with Gasteiger partial charge in [-0.15, -0.1) is 11.3 Å². The van der Waals surface area contributed by atoms with Gasteiger partial charge in [-0.25, -0.2) is 4.98 Å². The molecule has 26 heavy (non-hydrogen) atoms. The SMILES string of the molecule is COc1cccc(C=C(CCC(=O)O)c2nc3ccccc3s2)c1OC. The molecule has 0 fully saturated rings. The first-order chi connectivity index (χ1) is 12.6. The number of carboxylic acid groups (broad SMARTS) is 1. The van der Waals surface area contributed by atoms with Crippen LogP contribution in [0.2, 0.25) is 0 Å². The maximum atomic E-state index is 11.1. The van der Waals surface area contributed by atoms with Gasteiger partial charge in [0, 0.05) is 12.0 Å². The first-order valence-electron chi connectivity index (χ1n) is 8.11. The van der Waals surface area contributed by atoms with Gasteiger partial charge in [0.2, 0.25) is 0 Å². The maximum absolute atomic E-state index is 11.1. The van der Waals surface area contributed by atoms with Crippen molar-refractivity contribution in [2.24, 2.45) is 0 Å². The minimum absolute atomic E-state index is 0.0358. The third-order valence-corrected chi connectivity index (χ3v) is 5.05. The van der Waals surface area contributed by atoms with Crippen LogP contribution in [0.4, 0.5) is 0 Å². The Labute approximate surface area is 155 Å². The summed E-state index contributed by atoms with van der Waals surface area (Å²) in [5.41, 5.74) is 2.60. The van der Waals surface area contributed by atoms with E-state index in [1.54, 1.807) is 25.6 Å². The number of ether oxygens (including phenoxy) is 2. The van der Waals surface area contributed by atoms with Gasteiger partial charge in [-0.1, -0.05) is 24.3 Å². The van der Waals surface area contributed by atoms with E-state index in [1.807, 2.05) is 48.5 Å². The number of fused-ring (bicyclic) bond motifs is 1. The van der Waals surface area contributed by atoms with Crippen LogP contribution in [0.25, 0.3) is 21.9 Å². The molecule has 2 aromatic carbocycles. The average Bonchev–Trinajstić information content (AvgIpc) is 3.08.